The SMILES string of the molecule is C=CCC[C@@H](N)C(=S)SC(C)(C)C. The minimum absolute atomic E-state index is 0.0252. The lowest BCUT2D eigenvalue weighted by Crippen LogP contribution is -2.29. The topological polar surface area (TPSA) is 26.0 Å². The minimum atomic E-state index is 0.0252. The van der Waals surface area contributed by atoms with Gasteiger partial charge in [0.1, 0.15) is 0 Å². The quantitative estimate of drug-likeness (QED) is 0.579. The van der Waals surface area contributed by atoms with Crippen molar-refractivity contribution in [1.82, 2.24) is 0 Å². The second kappa shape index (κ2) is 5.78. The van der Waals surface area contributed by atoms with E-state index in [1.807, 2.05) is 6.08 Å². The van der Waals surface area contributed by atoms with E-state index in [1.54, 1.807) is 11.8 Å². The van der Waals surface area contributed by atoms with Crippen LogP contribution in [0, 0.1) is 0 Å². The van der Waals surface area contributed by atoms with Crippen LogP contribution in [0.2, 0.25) is 0 Å². The molecule has 0 saturated heterocycles. The van der Waals surface area contributed by atoms with E-state index in [2.05, 4.69) is 27.4 Å². The highest BCUT2D eigenvalue weighted by Gasteiger charge is 2.17. The van der Waals surface area contributed by atoms with E-state index >= 15 is 0 Å². The van der Waals surface area contributed by atoms with Gasteiger partial charge in [0.05, 0.1) is 4.20 Å². The van der Waals surface area contributed by atoms with Gasteiger partial charge in [0.2, 0.25) is 0 Å². The summed E-state index contributed by atoms with van der Waals surface area (Å²) in [5, 5.41) is 0. The summed E-state index contributed by atoms with van der Waals surface area (Å²) in [6.07, 6.45) is 3.72. The Kier molecular flexibility index (Phi) is 5.85. The molecule has 3 heteroatoms. The summed E-state index contributed by atoms with van der Waals surface area (Å²) in [5.74, 6) is 0. The zero-order chi connectivity index (χ0) is 10.5. The lowest BCUT2D eigenvalue weighted by Gasteiger charge is -2.21. The van der Waals surface area contributed by atoms with E-state index in [4.69, 9.17) is 18.0 Å². The van der Waals surface area contributed by atoms with Gasteiger partial charge in [0, 0.05) is 10.8 Å². The first-order chi connectivity index (χ1) is 5.87. The molecular weight excluding hydrogens is 198 g/mol. The monoisotopic (exact) mass is 217 g/mol. The molecule has 2 N–H and O–H groups in total. The van der Waals surface area contributed by atoms with Gasteiger partial charge in [-0.3, -0.25) is 0 Å². The molecule has 0 heterocycles. The smallest absolute Gasteiger partial charge is 0.0651 e. The van der Waals surface area contributed by atoms with Crippen molar-refractivity contribution in [2.75, 3.05) is 0 Å². The van der Waals surface area contributed by atoms with E-state index in [0.29, 0.717) is 0 Å². The molecule has 0 radical (unpaired) electrons. The van der Waals surface area contributed by atoms with E-state index in [0.717, 1.165) is 17.0 Å². The van der Waals surface area contributed by atoms with Crippen molar-refractivity contribution in [2.45, 2.75) is 44.4 Å². The molecule has 0 fully saturated rings. The number of allylic oxidation sites excluding steroid dienone is 1. The molecule has 0 spiro atoms. The maximum atomic E-state index is 5.90. The molecule has 0 aromatic heterocycles. The summed E-state index contributed by atoms with van der Waals surface area (Å²) < 4.78 is 1.08. The molecule has 0 aromatic carbocycles. The van der Waals surface area contributed by atoms with Crippen molar-refractivity contribution in [3.63, 3.8) is 0 Å². The number of thiocarbonyl (C=S) groups is 1. The molecule has 13 heavy (non-hydrogen) atoms. The van der Waals surface area contributed by atoms with E-state index < -0.39 is 0 Å². The zero-order valence-electron chi connectivity index (χ0n) is 8.67. The molecule has 0 bridgehead atoms. The molecule has 0 aliphatic rings. The zero-order valence-corrected chi connectivity index (χ0v) is 10.3. The highest BCUT2D eigenvalue weighted by Crippen LogP contribution is 2.26. The Morgan fingerprint density at radius 1 is 1.62 bits per heavy atom. The Balaban J connectivity index is 3.89. The van der Waals surface area contributed by atoms with Crippen LogP contribution in [-0.4, -0.2) is 15.0 Å². The molecule has 0 aromatic rings. The van der Waals surface area contributed by atoms with Crippen molar-refractivity contribution in [2.24, 2.45) is 5.73 Å². The summed E-state index contributed by atoms with van der Waals surface area (Å²) in [7, 11) is 0. The molecule has 0 unspecified atom stereocenters. The lowest BCUT2D eigenvalue weighted by atomic mass is 10.2. The summed E-state index contributed by atoms with van der Waals surface area (Å²) in [5.41, 5.74) is 5.90. The first-order valence-corrected chi connectivity index (χ1v) is 5.68. The molecule has 1 nitrogen and oxygen atoms in total. The fraction of sp³-hybridized carbons (Fsp3) is 0.700. The van der Waals surface area contributed by atoms with E-state index in [9.17, 15) is 0 Å². The molecule has 0 amide bonds. The normalized spacial score (nSPS) is 13.8. The van der Waals surface area contributed by atoms with Crippen molar-refractivity contribution >= 4 is 28.2 Å². The predicted octanol–water partition coefficient (Wildman–Crippen LogP) is 3.14. The Morgan fingerprint density at radius 3 is 2.54 bits per heavy atom. The fourth-order valence-electron chi connectivity index (χ4n) is 0.793. The Morgan fingerprint density at radius 2 is 2.15 bits per heavy atom. The molecule has 0 rings (SSSR count). The van der Waals surface area contributed by atoms with Crippen molar-refractivity contribution in [1.29, 1.82) is 0 Å². The van der Waals surface area contributed by atoms with Gasteiger partial charge in [0.15, 0.2) is 0 Å². The largest absolute Gasteiger partial charge is 0.323 e. The van der Waals surface area contributed by atoms with Gasteiger partial charge in [-0.2, -0.15) is 0 Å². The highest BCUT2D eigenvalue weighted by molar-refractivity contribution is 8.24. The van der Waals surface area contributed by atoms with E-state index in [-0.39, 0.29) is 10.8 Å². The molecule has 1 atom stereocenters. The first kappa shape index (κ1) is 13.1. The average molecular weight is 217 g/mol. The fourth-order valence-corrected chi connectivity index (χ4v) is 2.53. The molecular formula is C10H19NS2. The van der Waals surface area contributed by atoms with Crippen molar-refractivity contribution in [3.8, 4) is 0 Å². The van der Waals surface area contributed by atoms with Crippen LogP contribution in [-0.2, 0) is 0 Å². The summed E-state index contributed by atoms with van der Waals surface area (Å²) in [4.78, 5) is 0. The van der Waals surface area contributed by atoms with Crippen LogP contribution < -0.4 is 5.73 Å². The third-order valence-electron chi connectivity index (χ3n) is 1.39. The van der Waals surface area contributed by atoms with E-state index in [1.165, 1.54) is 0 Å². The predicted molar refractivity (Wildman–Crippen MR) is 67.3 cm³/mol. The van der Waals surface area contributed by atoms with Gasteiger partial charge in [-0.15, -0.1) is 18.3 Å². The third-order valence-corrected chi connectivity index (χ3v) is 3.06. The first-order valence-electron chi connectivity index (χ1n) is 4.46. The standard InChI is InChI=1S/C10H19NS2/c1-5-6-7-8(11)9(12)13-10(2,3)4/h5,8H,1,6-7,11H2,2-4H3/t8-/m1/s1. The van der Waals surface area contributed by atoms with Crippen molar-refractivity contribution in [3.05, 3.63) is 12.7 Å². The van der Waals surface area contributed by atoms with Gasteiger partial charge in [-0.25, -0.2) is 0 Å². The number of hydrogen-bond donors (Lipinski definition) is 1. The summed E-state index contributed by atoms with van der Waals surface area (Å²) >= 11 is 6.93. The second-order valence-corrected chi connectivity index (χ2v) is 6.57. The van der Waals surface area contributed by atoms with Crippen LogP contribution in [0.5, 0.6) is 0 Å². The molecule has 76 valence electrons. The maximum Gasteiger partial charge on any atom is 0.0651 e. The van der Waals surface area contributed by atoms with Crippen LogP contribution in [0.3, 0.4) is 0 Å². The third kappa shape index (κ3) is 7.23. The number of hydrogen-bond acceptors (Lipinski definition) is 3. The van der Waals surface area contributed by atoms with Crippen molar-refractivity contribution < 1.29 is 0 Å². The second-order valence-electron chi connectivity index (χ2n) is 4.01. The lowest BCUT2D eigenvalue weighted by molar-refractivity contribution is 0.774. The van der Waals surface area contributed by atoms with Gasteiger partial charge in [0.25, 0.3) is 0 Å². The number of nitrogens with two attached hydrogens (primary N) is 1. The van der Waals surface area contributed by atoms with Crippen LogP contribution in [0.25, 0.3) is 0 Å². The average Bonchev–Trinajstić information content (AvgIpc) is 1.96. The highest BCUT2D eigenvalue weighted by atomic mass is 32.2. The minimum Gasteiger partial charge on any atom is -0.323 e. The Bertz CT molecular complexity index is 182. The number of thioether (sulfide) groups is 1. The Hall–Kier alpha value is 0.140. The van der Waals surface area contributed by atoms with Gasteiger partial charge in [-0.05, 0) is 12.8 Å². The maximum absolute atomic E-state index is 5.90. The Labute approximate surface area is 91.2 Å². The molecule has 0 aliphatic heterocycles. The van der Waals surface area contributed by atoms with Gasteiger partial charge in [-0.1, -0.05) is 39.1 Å². The van der Waals surface area contributed by atoms with Crippen LogP contribution in [0.1, 0.15) is 33.6 Å². The summed E-state index contributed by atoms with van der Waals surface area (Å²) in [6.45, 7) is 10.1. The van der Waals surface area contributed by atoms with Crippen LogP contribution >= 0.6 is 24.0 Å². The van der Waals surface area contributed by atoms with Crippen LogP contribution in [0.4, 0.5) is 0 Å². The molecule has 0 saturated carbocycles. The van der Waals surface area contributed by atoms with Gasteiger partial charge < -0.3 is 5.73 Å². The van der Waals surface area contributed by atoms with Gasteiger partial charge >= 0.3 is 0 Å². The van der Waals surface area contributed by atoms with Crippen LogP contribution in [0.15, 0.2) is 12.7 Å². The number of rotatable bonds is 4. The summed E-state index contributed by atoms with van der Waals surface area (Å²) in [6, 6.07) is 0.0252. The molecule has 0 aliphatic carbocycles.